The summed E-state index contributed by atoms with van der Waals surface area (Å²) in [5.74, 6) is 1.41. The molecule has 0 spiro atoms. The number of carbonyl (C=O) groups excluding carboxylic acids is 1. The summed E-state index contributed by atoms with van der Waals surface area (Å²) in [6.07, 6.45) is 5.97. The Kier molecular flexibility index (Phi) is 4.53. The molecule has 0 bridgehead atoms. The van der Waals surface area contributed by atoms with Crippen LogP contribution in [0.25, 0.3) is 0 Å². The Morgan fingerprint density at radius 2 is 2.10 bits per heavy atom. The number of hydrogen-bond donors (Lipinski definition) is 0. The molecule has 0 aromatic carbocycles. The monoisotopic (exact) mass is 292 g/mol. The van der Waals surface area contributed by atoms with E-state index in [4.69, 9.17) is 4.52 Å². The van der Waals surface area contributed by atoms with Gasteiger partial charge < -0.3 is 9.42 Å². The molecular formula is C15H24N4O2. The molecule has 21 heavy (non-hydrogen) atoms. The van der Waals surface area contributed by atoms with Crippen LogP contribution in [-0.2, 0) is 11.2 Å². The molecule has 0 N–H and O–H groups in total. The van der Waals surface area contributed by atoms with E-state index in [9.17, 15) is 4.79 Å². The minimum atomic E-state index is 0.217. The summed E-state index contributed by atoms with van der Waals surface area (Å²) in [7, 11) is 0. The summed E-state index contributed by atoms with van der Waals surface area (Å²) < 4.78 is 5.06. The molecule has 3 heterocycles. The van der Waals surface area contributed by atoms with Crippen LogP contribution in [0.1, 0.15) is 43.8 Å². The molecular weight excluding hydrogens is 268 g/mol. The van der Waals surface area contributed by atoms with Gasteiger partial charge in [0.2, 0.25) is 11.8 Å². The first-order chi connectivity index (χ1) is 10.2. The zero-order chi connectivity index (χ0) is 14.7. The van der Waals surface area contributed by atoms with Crippen LogP contribution in [-0.4, -0.2) is 58.1 Å². The highest BCUT2D eigenvalue weighted by Gasteiger charge is 2.29. The van der Waals surface area contributed by atoms with Crippen molar-refractivity contribution in [3.8, 4) is 0 Å². The fourth-order valence-corrected chi connectivity index (χ4v) is 3.40. The van der Waals surface area contributed by atoms with Crippen molar-refractivity contribution in [2.45, 2.75) is 51.5 Å². The van der Waals surface area contributed by atoms with Crippen molar-refractivity contribution < 1.29 is 9.32 Å². The van der Waals surface area contributed by atoms with Crippen LogP contribution >= 0.6 is 0 Å². The quantitative estimate of drug-likeness (QED) is 0.839. The van der Waals surface area contributed by atoms with Crippen LogP contribution in [0, 0.1) is 6.92 Å². The second-order valence-electron chi connectivity index (χ2n) is 6.11. The van der Waals surface area contributed by atoms with E-state index in [1.54, 1.807) is 6.92 Å². The molecule has 116 valence electrons. The number of likely N-dealkylation sites (tertiary alicyclic amines) is 2. The number of aryl methyl sites for hydroxylation is 2. The average Bonchev–Trinajstić information content (AvgIpc) is 3.16. The highest BCUT2D eigenvalue weighted by atomic mass is 16.5. The molecule has 2 aliphatic rings. The van der Waals surface area contributed by atoms with E-state index in [2.05, 4.69) is 15.0 Å². The minimum absolute atomic E-state index is 0.217. The van der Waals surface area contributed by atoms with E-state index in [-0.39, 0.29) is 5.91 Å². The van der Waals surface area contributed by atoms with Crippen LogP contribution in [0.2, 0.25) is 0 Å². The van der Waals surface area contributed by atoms with Gasteiger partial charge in [-0.1, -0.05) is 5.16 Å². The normalized spacial score (nSPS) is 23.7. The summed E-state index contributed by atoms with van der Waals surface area (Å²) in [5.41, 5.74) is 0. The third kappa shape index (κ3) is 3.61. The first-order valence-electron chi connectivity index (χ1n) is 8.03. The van der Waals surface area contributed by atoms with Crippen molar-refractivity contribution in [1.29, 1.82) is 0 Å². The fraction of sp³-hybridized carbons (Fsp3) is 0.800. The predicted octanol–water partition coefficient (Wildman–Crippen LogP) is 1.40. The second-order valence-corrected chi connectivity index (χ2v) is 6.11. The number of aromatic nitrogens is 2. The van der Waals surface area contributed by atoms with E-state index in [0.717, 1.165) is 19.5 Å². The highest BCUT2D eigenvalue weighted by Crippen LogP contribution is 2.21. The number of piperidine rings is 1. The topological polar surface area (TPSA) is 62.5 Å². The highest BCUT2D eigenvalue weighted by molar-refractivity contribution is 5.76. The summed E-state index contributed by atoms with van der Waals surface area (Å²) in [6, 6.07) is 0.566. The largest absolute Gasteiger partial charge is 0.341 e. The molecule has 1 atom stereocenters. The van der Waals surface area contributed by atoms with Gasteiger partial charge in [-0.25, -0.2) is 0 Å². The van der Waals surface area contributed by atoms with E-state index in [1.807, 2.05) is 4.90 Å². The number of carbonyl (C=O) groups is 1. The average molecular weight is 292 g/mol. The Morgan fingerprint density at radius 1 is 1.29 bits per heavy atom. The molecule has 2 aliphatic heterocycles. The van der Waals surface area contributed by atoms with Crippen LogP contribution in [0.5, 0.6) is 0 Å². The fourth-order valence-electron chi connectivity index (χ4n) is 3.40. The van der Waals surface area contributed by atoms with Gasteiger partial charge in [-0.05, 0) is 45.7 Å². The van der Waals surface area contributed by atoms with Gasteiger partial charge in [-0.2, -0.15) is 4.98 Å². The molecule has 6 nitrogen and oxygen atoms in total. The van der Waals surface area contributed by atoms with E-state index < -0.39 is 0 Å². The summed E-state index contributed by atoms with van der Waals surface area (Å²) in [5, 5.41) is 3.75. The van der Waals surface area contributed by atoms with Gasteiger partial charge in [-0.15, -0.1) is 0 Å². The second kappa shape index (κ2) is 6.56. The Hall–Kier alpha value is -1.43. The lowest BCUT2D eigenvalue weighted by atomic mass is 10.0. The molecule has 1 aromatic heterocycles. The van der Waals surface area contributed by atoms with E-state index in [0.29, 0.717) is 30.6 Å². The van der Waals surface area contributed by atoms with Gasteiger partial charge in [0.1, 0.15) is 0 Å². The van der Waals surface area contributed by atoms with Crippen LogP contribution in [0.15, 0.2) is 4.52 Å². The Labute approximate surface area is 125 Å². The molecule has 0 saturated carbocycles. The molecule has 2 fully saturated rings. The minimum Gasteiger partial charge on any atom is -0.341 e. The molecule has 1 unspecified atom stereocenters. The number of rotatable bonds is 4. The van der Waals surface area contributed by atoms with Crippen LogP contribution in [0.4, 0.5) is 0 Å². The predicted molar refractivity (Wildman–Crippen MR) is 77.8 cm³/mol. The zero-order valence-corrected chi connectivity index (χ0v) is 12.8. The van der Waals surface area contributed by atoms with Crippen molar-refractivity contribution in [3.05, 3.63) is 11.7 Å². The third-order valence-corrected chi connectivity index (χ3v) is 4.53. The van der Waals surface area contributed by atoms with Crippen LogP contribution in [0.3, 0.4) is 0 Å². The molecule has 0 aliphatic carbocycles. The molecule has 1 amide bonds. The van der Waals surface area contributed by atoms with Crippen LogP contribution < -0.4 is 0 Å². The first kappa shape index (κ1) is 14.5. The maximum absolute atomic E-state index is 12.4. The van der Waals surface area contributed by atoms with Crippen molar-refractivity contribution in [2.75, 3.05) is 26.2 Å². The van der Waals surface area contributed by atoms with Gasteiger partial charge in [-0.3, -0.25) is 9.69 Å². The van der Waals surface area contributed by atoms with Crippen molar-refractivity contribution in [2.24, 2.45) is 0 Å². The lowest BCUT2D eigenvalue weighted by Gasteiger charge is -2.37. The van der Waals surface area contributed by atoms with Gasteiger partial charge in [0.05, 0.1) is 0 Å². The van der Waals surface area contributed by atoms with Crippen molar-refractivity contribution in [1.82, 2.24) is 19.9 Å². The SMILES string of the molecule is Cc1noc(CCC(=O)N2CCCC(N3CCCC3)C2)n1. The molecule has 0 radical (unpaired) electrons. The first-order valence-corrected chi connectivity index (χ1v) is 8.03. The molecule has 6 heteroatoms. The Morgan fingerprint density at radius 3 is 2.81 bits per heavy atom. The maximum Gasteiger partial charge on any atom is 0.227 e. The van der Waals surface area contributed by atoms with E-state index >= 15 is 0 Å². The zero-order valence-electron chi connectivity index (χ0n) is 12.8. The number of nitrogens with zero attached hydrogens (tertiary/aromatic N) is 4. The summed E-state index contributed by atoms with van der Waals surface area (Å²) in [6.45, 7) is 5.98. The summed E-state index contributed by atoms with van der Waals surface area (Å²) in [4.78, 5) is 21.1. The lowest BCUT2D eigenvalue weighted by molar-refractivity contribution is -0.133. The standard InChI is InChI=1S/C15H24N4O2/c1-12-16-14(21-17-12)6-7-15(20)19-10-4-5-13(11-19)18-8-2-3-9-18/h13H,2-11H2,1H3. The Balaban J connectivity index is 1.49. The van der Waals surface area contributed by atoms with Gasteiger partial charge in [0, 0.05) is 32.0 Å². The smallest absolute Gasteiger partial charge is 0.227 e. The number of hydrogen-bond acceptors (Lipinski definition) is 5. The number of amides is 1. The van der Waals surface area contributed by atoms with Crippen molar-refractivity contribution >= 4 is 5.91 Å². The molecule has 2 saturated heterocycles. The molecule has 1 aromatic rings. The third-order valence-electron chi connectivity index (χ3n) is 4.53. The van der Waals surface area contributed by atoms with Gasteiger partial charge in [0.15, 0.2) is 5.82 Å². The summed E-state index contributed by atoms with van der Waals surface area (Å²) >= 11 is 0. The van der Waals surface area contributed by atoms with Crippen molar-refractivity contribution in [3.63, 3.8) is 0 Å². The molecule has 3 rings (SSSR count). The van der Waals surface area contributed by atoms with E-state index in [1.165, 1.54) is 32.4 Å². The Bertz CT molecular complexity index is 482. The lowest BCUT2D eigenvalue weighted by Crippen LogP contribution is -2.49. The van der Waals surface area contributed by atoms with Gasteiger partial charge in [0.25, 0.3) is 0 Å². The van der Waals surface area contributed by atoms with Gasteiger partial charge >= 0.3 is 0 Å². The maximum atomic E-state index is 12.4.